The summed E-state index contributed by atoms with van der Waals surface area (Å²) in [5, 5.41) is 0. The van der Waals surface area contributed by atoms with Gasteiger partial charge in [0.25, 0.3) is 0 Å². The lowest BCUT2D eigenvalue weighted by Gasteiger charge is -2.02. The number of nitrogens with zero attached hydrogens (tertiary/aromatic N) is 2. The summed E-state index contributed by atoms with van der Waals surface area (Å²) in [4.78, 5) is 14.9. The number of carbonyl (C=O) groups is 1. The van der Waals surface area contributed by atoms with E-state index < -0.39 is 0 Å². The van der Waals surface area contributed by atoms with Gasteiger partial charge in [0.1, 0.15) is 6.33 Å². The minimum absolute atomic E-state index is 0.387. The Morgan fingerprint density at radius 2 is 2.54 bits per heavy atom. The molecular formula is C9H12N2O2. The van der Waals surface area contributed by atoms with Crippen molar-refractivity contribution in [1.82, 2.24) is 9.55 Å². The van der Waals surface area contributed by atoms with Gasteiger partial charge in [0.15, 0.2) is 0 Å². The van der Waals surface area contributed by atoms with Gasteiger partial charge >= 0.3 is 6.09 Å². The Labute approximate surface area is 76.8 Å². The van der Waals surface area contributed by atoms with Gasteiger partial charge in [-0.15, -0.1) is 6.58 Å². The highest BCUT2D eigenvalue weighted by Gasteiger charge is 2.02. The predicted octanol–water partition coefficient (Wildman–Crippen LogP) is 1.83. The molecule has 0 aromatic carbocycles. The Balaban J connectivity index is 2.23. The van der Waals surface area contributed by atoms with Gasteiger partial charge in [-0.05, 0) is 12.8 Å². The van der Waals surface area contributed by atoms with Gasteiger partial charge < -0.3 is 4.74 Å². The monoisotopic (exact) mass is 180 g/mol. The maximum Gasteiger partial charge on any atom is 0.419 e. The number of hydrogen-bond donors (Lipinski definition) is 0. The fourth-order valence-electron chi connectivity index (χ4n) is 0.829. The van der Waals surface area contributed by atoms with Crippen LogP contribution in [0.1, 0.15) is 12.8 Å². The van der Waals surface area contributed by atoms with Gasteiger partial charge in [-0.3, -0.25) is 0 Å². The van der Waals surface area contributed by atoms with Crippen molar-refractivity contribution in [2.24, 2.45) is 0 Å². The van der Waals surface area contributed by atoms with Gasteiger partial charge in [-0.2, -0.15) is 0 Å². The van der Waals surface area contributed by atoms with E-state index in [0.717, 1.165) is 12.8 Å². The molecule has 0 amide bonds. The van der Waals surface area contributed by atoms with E-state index in [2.05, 4.69) is 11.6 Å². The van der Waals surface area contributed by atoms with E-state index in [-0.39, 0.29) is 6.09 Å². The largest absolute Gasteiger partial charge is 0.449 e. The minimum Gasteiger partial charge on any atom is -0.449 e. The second-order valence-corrected chi connectivity index (χ2v) is 2.52. The molecule has 1 heterocycles. The Hall–Kier alpha value is -1.58. The van der Waals surface area contributed by atoms with E-state index in [0.29, 0.717) is 6.61 Å². The summed E-state index contributed by atoms with van der Waals surface area (Å²) in [5.41, 5.74) is 0. The quantitative estimate of drug-likeness (QED) is 0.524. The Morgan fingerprint density at radius 1 is 1.69 bits per heavy atom. The van der Waals surface area contributed by atoms with Crippen molar-refractivity contribution < 1.29 is 9.53 Å². The molecule has 1 aromatic rings. The van der Waals surface area contributed by atoms with Crippen LogP contribution in [0.15, 0.2) is 31.4 Å². The third-order valence-electron chi connectivity index (χ3n) is 1.49. The molecule has 0 saturated carbocycles. The van der Waals surface area contributed by atoms with E-state index in [9.17, 15) is 4.79 Å². The molecule has 4 heteroatoms. The van der Waals surface area contributed by atoms with Crippen molar-refractivity contribution in [2.75, 3.05) is 6.61 Å². The van der Waals surface area contributed by atoms with Crippen LogP contribution in [0.5, 0.6) is 0 Å². The fraction of sp³-hybridized carbons (Fsp3) is 0.333. The lowest BCUT2D eigenvalue weighted by Crippen LogP contribution is -2.12. The summed E-state index contributed by atoms with van der Waals surface area (Å²) in [7, 11) is 0. The summed E-state index contributed by atoms with van der Waals surface area (Å²) >= 11 is 0. The van der Waals surface area contributed by atoms with Crippen LogP contribution in [0.2, 0.25) is 0 Å². The first-order valence-electron chi connectivity index (χ1n) is 4.10. The van der Waals surface area contributed by atoms with Crippen molar-refractivity contribution in [2.45, 2.75) is 12.8 Å². The van der Waals surface area contributed by atoms with Crippen molar-refractivity contribution >= 4 is 6.09 Å². The molecule has 0 bridgehead atoms. The van der Waals surface area contributed by atoms with E-state index in [1.807, 2.05) is 0 Å². The molecule has 1 aromatic heterocycles. The van der Waals surface area contributed by atoms with Crippen molar-refractivity contribution in [3.63, 3.8) is 0 Å². The van der Waals surface area contributed by atoms with Crippen LogP contribution < -0.4 is 0 Å². The van der Waals surface area contributed by atoms with Gasteiger partial charge in [0.05, 0.1) is 6.61 Å². The minimum atomic E-state index is -0.387. The van der Waals surface area contributed by atoms with Crippen molar-refractivity contribution in [3.05, 3.63) is 31.4 Å². The zero-order valence-corrected chi connectivity index (χ0v) is 7.35. The van der Waals surface area contributed by atoms with Crippen LogP contribution in [0.4, 0.5) is 4.79 Å². The highest BCUT2D eigenvalue weighted by atomic mass is 16.5. The molecule has 0 aliphatic carbocycles. The number of hydrogen-bond acceptors (Lipinski definition) is 3. The first-order chi connectivity index (χ1) is 6.34. The number of imidazole rings is 1. The Bertz CT molecular complexity index is 267. The SMILES string of the molecule is C=CCCCOC(=O)n1ccnc1. The normalized spacial score (nSPS) is 9.54. The van der Waals surface area contributed by atoms with E-state index in [1.54, 1.807) is 12.3 Å². The lowest BCUT2D eigenvalue weighted by molar-refractivity contribution is 0.146. The van der Waals surface area contributed by atoms with Gasteiger partial charge in [0, 0.05) is 12.4 Å². The zero-order valence-electron chi connectivity index (χ0n) is 7.35. The maximum atomic E-state index is 11.1. The van der Waals surface area contributed by atoms with E-state index in [4.69, 9.17) is 4.74 Å². The maximum absolute atomic E-state index is 11.1. The molecule has 0 radical (unpaired) electrons. The van der Waals surface area contributed by atoms with Crippen molar-refractivity contribution in [3.8, 4) is 0 Å². The molecule has 4 nitrogen and oxygen atoms in total. The van der Waals surface area contributed by atoms with Gasteiger partial charge in [0.2, 0.25) is 0 Å². The third kappa shape index (κ3) is 3.11. The highest BCUT2D eigenvalue weighted by molar-refractivity contribution is 5.69. The summed E-state index contributed by atoms with van der Waals surface area (Å²) in [5.74, 6) is 0. The molecule has 0 aliphatic heterocycles. The first kappa shape index (κ1) is 9.51. The predicted molar refractivity (Wildman–Crippen MR) is 48.4 cm³/mol. The number of carbonyl (C=O) groups excluding carboxylic acids is 1. The Morgan fingerprint density at radius 3 is 3.15 bits per heavy atom. The lowest BCUT2D eigenvalue weighted by atomic mass is 10.3. The number of rotatable bonds is 4. The standard InChI is InChI=1S/C9H12N2O2/c1-2-3-4-7-13-9(12)11-6-5-10-8-11/h2,5-6,8H,1,3-4,7H2. The van der Waals surface area contributed by atoms with Crippen molar-refractivity contribution in [1.29, 1.82) is 0 Å². The molecular weight excluding hydrogens is 168 g/mol. The fourth-order valence-corrected chi connectivity index (χ4v) is 0.829. The summed E-state index contributed by atoms with van der Waals surface area (Å²) in [6.07, 6.45) is 7.57. The van der Waals surface area contributed by atoms with Gasteiger partial charge in [-0.25, -0.2) is 14.3 Å². The molecule has 0 aliphatic rings. The smallest absolute Gasteiger partial charge is 0.419 e. The van der Waals surface area contributed by atoms with Crippen LogP contribution in [-0.4, -0.2) is 22.3 Å². The molecule has 0 fully saturated rings. The van der Waals surface area contributed by atoms with Crippen LogP contribution in [-0.2, 0) is 4.74 Å². The molecule has 70 valence electrons. The number of unbranched alkanes of at least 4 members (excludes halogenated alkanes) is 1. The topological polar surface area (TPSA) is 44.1 Å². The molecule has 0 spiro atoms. The number of aromatic nitrogens is 2. The van der Waals surface area contributed by atoms with Crippen LogP contribution in [0.25, 0.3) is 0 Å². The molecule has 13 heavy (non-hydrogen) atoms. The summed E-state index contributed by atoms with van der Waals surface area (Å²) in [6.45, 7) is 3.99. The van der Waals surface area contributed by atoms with Gasteiger partial charge in [-0.1, -0.05) is 6.08 Å². The third-order valence-corrected chi connectivity index (χ3v) is 1.49. The first-order valence-corrected chi connectivity index (χ1v) is 4.10. The molecule has 1 rings (SSSR count). The van der Waals surface area contributed by atoms with Crippen LogP contribution >= 0.6 is 0 Å². The molecule has 0 N–H and O–H groups in total. The summed E-state index contributed by atoms with van der Waals surface area (Å²) in [6, 6.07) is 0. The molecule has 0 atom stereocenters. The Kier molecular flexibility index (Phi) is 3.75. The second-order valence-electron chi connectivity index (χ2n) is 2.52. The molecule has 0 unspecified atom stereocenters. The van der Waals surface area contributed by atoms with Crippen LogP contribution in [0.3, 0.4) is 0 Å². The summed E-state index contributed by atoms with van der Waals surface area (Å²) < 4.78 is 6.22. The average Bonchev–Trinajstić information content (AvgIpc) is 2.65. The second kappa shape index (κ2) is 5.13. The number of allylic oxidation sites excluding steroid dienone is 1. The molecule has 0 saturated heterocycles. The van der Waals surface area contributed by atoms with E-state index in [1.165, 1.54) is 17.1 Å². The number of ether oxygens (including phenoxy) is 1. The zero-order chi connectivity index (χ0) is 9.52. The highest BCUT2D eigenvalue weighted by Crippen LogP contribution is 1.94. The van der Waals surface area contributed by atoms with E-state index >= 15 is 0 Å². The van der Waals surface area contributed by atoms with Crippen LogP contribution in [0, 0.1) is 0 Å². The average molecular weight is 180 g/mol.